The van der Waals surface area contributed by atoms with Crippen molar-refractivity contribution < 1.29 is 4.52 Å². The summed E-state index contributed by atoms with van der Waals surface area (Å²) in [4.78, 5) is 8.12. The van der Waals surface area contributed by atoms with Gasteiger partial charge < -0.3 is 9.84 Å². The summed E-state index contributed by atoms with van der Waals surface area (Å²) in [5.74, 6) is 1.18. The van der Waals surface area contributed by atoms with Gasteiger partial charge in [0, 0.05) is 18.0 Å². The first kappa shape index (κ1) is 14.8. The van der Waals surface area contributed by atoms with E-state index in [1.165, 1.54) is 0 Å². The van der Waals surface area contributed by atoms with Crippen LogP contribution in [0.1, 0.15) is 5.89 Å². The molecule has 0 aliphatic heterocycles. The Labute approximate surface area is 105 Å². The highest BCUT2D eigenvalue weighted by atomic mass is 35.5. The van der Waals surface area contributed by atoms with Crippen LogP contribution in [0.15, 0.2) is 29.0 Å². The number of halogens is 2. The molecule has 0 aliphatic carbocycles. The zero-order valence-electron chi connectivity index (χ0n) is 8.58. The molecule has 0 saturated carbocycles. The first-order valence-electron chi connectivity index (χ1n) is 4.28. The molecule has 0 unspecified atom stereocenters. The van der Waals surface area contributed by atoms with E-state index in [1.807, 2.05) is 19.2 Å². The lowest BCUT2D eigenvalue weighted by atomic mass is 10.2. The molecule has 0 aliphatic rings. The average Bonchev–Trinajstić information content (AvgIpc) is 2.68. The summed E-state index contributed by atoms with van der Waals surface area (Å²) in [6.07, 6.45) is 3.40. The van der Waals surface area contributed by atoms with Crippen LogP contribution in [0.3, 0.4) is 0 Å². The van der Waals surface area contributed by atoms with Gasteiger partial charge in [-0.25, -0.2) is 0 Å². The van der Waals surface area contributed by atoms with E-state index in [0.29, 0.717) is 18.3 Å². The zero-order chi connectivity index (χ0) is 9.80. The molecular formula is C9H12Cl2N4O. The molecule has 5 nitrogen and oxygen atoms in total. The summed E-state index contributed by atoms with van der Waals surface area (Å²) in [5.41, 5.74) is 0.908. The van der Waals surface area contributed by atoms with E-state index in [0.717, 1.165) is 5.56 Å². The minimum Gasteiger partial charge on any atom is -0.338 e. The van der Waals surface area contributed by atoms with Gasteiger partial charge in [0.1, 0.15) is 0 Å². The Kier molecular flexibility index (Phi) is 6.64. The van der Waals surface area contributed by atoms with Gasteiger partial charge in [0.05, 0.1) is 6.54 Å². The topological polar surface area (TPSA) is 63.8 Å². The molecule has 0 fully saturated rings. The second-order valence-corrected chi connectivity index (χ2v) is 2.78. The second-order valence-electron chi connectivity index (χ2n) is 2.78. The Morgan fingerprint density at radius 2 is 1.94 bits per heavy atom. The fourth-order valence-corrected chi connectivity index (χ4v) is 1.10. The van der Waals surface area contributed by atoms with Gasteiger partial charge in [0.15, 0.2) is 0 Å². The highest BCUT2D eigenvalue weighted by Crippen LogP contribution is 2.13. The van der Waals surface area contributed by atoms with Crippen LogP contribution in [0.5, 0.6) is 0 Å². The van der Waals surface area contributed by atoms with Crippen LogP contribution in [-0.2, 0) is 6.54 Å². The summed E-state index contributed by atoms with van der Waals surface area (Å²) in [6, 6.07) is 3.68. The number of nitrogens with zero attached hydrogens (tertiary/aromatic N) is 3. The molecule has 0 aromatic carbocycles. The number of nitrogens with one attached hydrogen (secondary N) is 1. The molecule has 2 aromatic rings. The van der Waals surface area contributed by atoms with Crippen molar-refractivity contribution in [2.75, 3.05) is 7.05 Å². The van der Waals surface area contributed by atoms with E-state index in [1.54, 1.807) is 12.4 Å². The number of aromatic nitrogens is 3. The maximum absolute atomic E-state index is 5.02. The van der Waals surface area contributed by atoms with Crippen molar-refractivity contribution in [2.24, 2.45) is 0 Å². The summed E-state index contributed by atoms with van der Waals surface area (Å²) in [7, 11) is 1.83. The lowest BCUT2D eigenvalue weighted by molar-refractivity contribution is 0.372. The van der Waals surface area contributed by atoms with Gasteiger partial charge in [-0.3, -0.25) is 4.98 Å². The van der Waals surface area contributed by atoms with Crippen molar-refractivity contribution in [2.45, 2.75) is 6.54 Å². The fraction of sp³-hybridized carbons (Fsp3) is 0.222. The van der Waals surface area contributed by atoms with E-state index >= 15 is 0 Å². The minimum absolute atomic E-state index is 0. The predicted octanol–water partition coefficient (Wildman–Crippen LogP) is 1.69. The SMILES string of the molecule is CNCc1nc(-c2ccncc2)no1.Cl.Cl. The molecule has 0 amide bonds. The normalized spacial score (nSPS) is 9.06. The molecule has 0 saturated heterocycles. The van der Waals surface area contributed by atoms with Gasteiger partial charge in [-0.1, -0.05) is 5.16 Å². The molecule has 2 aromatic heterocycles. The van der Waals surface area contributed by atoms with Crippen LogP contribution in [0.25, 0.3) is 11.4 Å². The van der Waals surface area contributed by atoms with Crippen LogP contribution >= 0.6 is 24.8 Å². The van der Waals surface area contributed by atoms with Gasteiger partial charge in [0.25, 0.3) is 0 Å². The summed E-state index contributed by atoms with van der Waals surface area (Å²) < 4.78 is 5.02. The van der Waals surface area contributed by atoms with Crippen LogP contribution in [0, 0.1) is 0 Å². The summed E-state index contributed by atoms with van der Waals surface area (Å²) in [5, 5.41) is 6.79. The summed E-state index contributed by atoms with van der Waals surface area (Å²) >= 11 is 0. The van der Waals surface area contributed by atoms with Crippen molar-refractivity contribution in [3.63, 3.8) is 0 Å². The van der Waals surface area contributed by atoms with Crippen molar-refractivity contribution in [1.29, 1.82) is 0 Å². The Morgan fingerprint density at radius 1 is 1.25 bits per heavy atom. The molecule has 0 bridgehead atoms. The van der Waals surface area contributed by atoms with Crippen LogP contribution in [-0.4, -0.2) is 22.2 Å². The Balaban J connectivity index is 0.00000112. The molecular weight excluding hydrogens is 251 g/mol. The third kappa shape index (κ3) is 3.44. The second kappa shape index (κ2) is 7.16. The van der Waals surface area contributed by atoms with E-state index < -0.39 is 0 Å². The Bertz CT molecular complexity index is 407. The van der Waals surface area contributed by atoms with Crippen molar-refractivity contribution in [3.05, 3.63) is 30.4 Å². The number of hydrogen-bond donors (Lipinski definition) is 1. The Hall–Kier alpha value is -1.17. The van der Waals surface area contributed by atoms with E-state index in [2.05, 4.69) is 20.4 Å². The van der Waals surface area contributed by atoms with Crippen molar-refractivity contribution in [3.8, 4) is 11.4 Å². The first-order chi connectivity index (χ1) is 6.90. The molecule has 16 heavy (non-hydrogen) atoms. The molecule has 1 N–H and O–H groups in total. The molecule has 0 atom stereocenters. The molecule has 88 valence electrons. The van der Waals surface area contributed by atoms with E-state index in [-0.39, 0.29) is 24.8 Å². The quantitative estimate of drug-likeness (QED) is 0.912. The third-order valence-corrected chi connectivity index (χ3v) is 1.73. The van der Waals surface area contributed by atoms with Crippen LogP contribution in [0.4, 0.5) is 0 Å². The van der Waals surface area contributed by atoms with E-state index in [4.69, 9.17) is 4.52 Å². The van der Waals surface area contributed by atoms with E-state index in [9.17, 15) is 0 Å². The molecule has 0 spiro atoms. The molecule has 2 heterocycles. The summed E-state index contributed by atoms with van der Waals surface area (Å²) in [6.45, 7) is 0.581. The van der Waals surface area contributed by atoms with Crippen LogP contribution < -0.4 is 5.32 Å². The fourth-order valence-electron chi connectivity index (χ4n) is 1.10. The maximum atomic E-state index is 5.02. The Morgan fingerprint density at radius 3 is 2.56 bits per heavy atom. The lowest BCUT2D eigenvalue weighted by Gasteiger charge is -1.90. The molecule has 7 heteroatoms. The predicted molar refractivity (Wildman–Crippen MR) is 64.8 cm³/mol. The number of pyridine rings is 1. The van der Waals surface area contributed by atoms with Crippen molar-refractivity contribution in [1.82, 2.24) is 20.4 Å². The first-order valence-corrected chi connectivity index (χ1v) is 4.28. The third-order valence-electron chi connectivity index (χ3n) is 1.73. The minimum atomic E-state index is 0. The average molecular weight is 263 g/mol. The maximum Gasteiger partial charge on any atom is 0.240 e. The van der Waals surface area contributed by atoms with Crippen LogP contribution in [0.2, 0.25) is 0 Å². The standard InChI is InChI=1S/C9H10N4O.2ClH/c1-10-6-8-12-9(13-14-8)7-2-4-11-5-3-7;;/h2-5,10H,6H2,1H3;2*1H. The zero-order valence-corrected chi connectivity index (χ0v) is 10.2. The van der Waals surface area contributed by atoms with Gasteiger partial charge in [-0.15, -0.1) is 24.8 Å². The van der Waals surface area contributed by atoms with Gasteiger partial charge in [0.2, 0.25) is 11.7 Å². The number of rotatable bonds is 3. The largest absolute Gasteiger partial charge is 0.338 e. The smallest absolute Gasteiger partial charge is 0.240 e. The number of hydrogen-bond acceptors (Lipinski definition) is 5. The lowest BCUT2D eigenvalue weighted by Crippen LogP contribution is -2.04. The monoisotopic (exact) mass is 262 g/mol. The van der Waals surface area contributed by atoms with Gasteiger partial charge in [-0.05, 0) is 19.2 Å². The van der Waals surface area contributed by atoms with Gasteiger partial charge in [-0.2, -0.15) is 4.98 Å². The molecule has 2 rings (SSSR count). The highest BCUT2D eigenvalue weighted by molar-refractivity contribution is 5.85. The highest BCUT2D eigenvalue weighted by Gasteiger charge is 2.06. The van der Waals surface area contributed by atoms with Crippen molar-refractivity contribution >= 4 is 24.8 Å². The van der Waals surface area contributed by atoms with Gasteiger partial charge >= 0.3 is 0 Å². The molecule has 0 radical (unpaired) electrons.